The van der Waals surface area contributed by atoms with Crippen LogP contribution in [-0.2, 0) is 0 Å². The summed E-state index contributed by atoms with van der Waals surface area (Å²) in [5, 5.41) is 12.9. The standard InChI is InChI=1S/C16H23NO2S/c1-3-20-14-6-4-5-13(15(14)16(18)19)17-12-9-7-11(2)8-10-12/h4-6,11-12,17H,3,7-10H2,1-2H3,(H,18,19). The highest BCUT2D eigenvalue weighted by molar-refractivity contribution is 7.99. The number of hydrogen-bond acceptors (Lipinski definition) is 3. The van der Waals surface area contributed by atoms with Crippen LogP contribution >= 0.6 is 11.8 Å². The van der Waals surface area contributed by atoms with E-state index in [1.807, 2.05) is 25.1 Å². The number of rotatable bonds is 5. The van der Waals surface area contributed by atoms with Crippen molar-refractivity contribution >= 4 is 23.4 Å². The SMILES string of the molecule is CCSc1cccc(NC2CCC(C)CC2)c1C(=O)O. The molecule has 20 heavy (non-hydrogen) atoms. The third kappa shape index (κ3) is 3.69. The molecule has 0 spiro atoms. The number of aromatic carboxylic acids is 1. The van der Waals surface area contributed by atoms with Gasteiger partial charge in [-0.05, 0) is 49.5 Å². The molecule has 0 unspecified atom stereocenters. The predicted octanol–water partition coefficient (Wildman–Crippen LogP) is 4.49. The van der Waals surface area contributed by atoms with Crippen molar-refractivity contribution in [3.8, 4) is 0 Å². The van der Waals surface area contributed by atoms with Crippen molar-refractivity contribution < 1.29 is 9.90 Å². The highest BCUT2D eigenvalue weighted by Gasteiger charge is 2.21. The van der Waals surface area contributed by atoms with Crippen molar-refractivity contribution in [2.24, 2.45) is 5.92 Å². The summed E-state index contributed by atoms with van der Waals surface area (Å²) in [6, 6.07) is 6.14. The van der Waals surface area contributed by atoms with Gasteiger partial charge in [-0.3, -0.25) is 0 Å². The number of hydrogen-bond donors (Lipinski definition) is 2. The summed E-state index contributed by atoms with van der Waals surface area (Å²) in [5.74, 6) is 0.840. The molecule has 3 nitrogen and oxygen atoms in total. The lowest BCUT2D eigenvalue weighted by molar-refractivity contribution is 0.0694. The Morgan fingerprint density at radius 3 is 2.65 bits per heavy atom. The normalized spacial score (nSPS) is 22.5. The summed E-state index contributed by atoms with van der Waals surface area (Å²) >= 11 is 1.59. The molecule has 1 aromatic rings. The van der Waals surface area contributed by atoms with Gasteiger partial charge in [-0.15, -0.1) is 11.8 Å². The maximum Gasteiger partial charge on any atom is 0.338 e. The Balaban J connectivity index is 2.18. The van der Waals surface area contributed by atoms with Gasteiger partial charge < -0.3 is 10.4 Å². The molecule has 0 bridgehead atoms. The van der Waals surface area contributed by atoms with Crippen LogP contribution in [0.4, 0.5) is 5.69 Å². The zero-order chi connectivity index (χ0) is 14.5. The molecule has 0 saturated heterocycles. The molecular weight excluding hydrogens is 270 g/mol. The number of nitrogens with one attached hydrogen (secondary N) is 1. The smallest absolute Gasteiger partial charge is 0.338 e. The third-order valence-corrected chi connectivity index (χ3v) is 4.86. The Morgan fingerprint density at radius 1 is 1.35 bits per heavy atom. The minimum Gasteiger partial charge on any atom is -0.478 e. The topological polar surface area (TPSA) is 49.3 Å². The van der Waals surface area contributed by atoms with Gasteiger partial charge in [0.15, 0.2) is 0 Å². The van der Waals surface area contributed by atoms with Crippen LogP contribution in [0, 0.1) is 5.92 Å². The number of thioether (sulfide) groups is 1. The van der Waals surface area contributed by atoms with Crippen LogP contribution in [0.15, 0.2) is 23.1 Å². The number of carbonyl (C=O) groups is 1. The van der Waals surface area contributed by atoms with Crippen molar-refractivity contribution in [3.05, 3.63) is 23.8 Å². The summed E-state index contributed by atoms with van der Waals surface area (Å²) < 4.78 is 0. The van der Waals surface area contributed by atoms with Crippen LogP contribution in [0.2, 0.25) is 0 Å². The van der Waals surface area contributed by atoms with Crippen molar-refractivity contribution in [3.63, 3.8) is 0 Å². The first kappa shape index (κ1) is 15.2. The maximum absolute atomic E-state index is 11.6. The predicted molar refractivity (Wildman–Crippen MR) is 84.8 cm³/mol. The molecule has 0 heterocycles. The Kier molecular flexibility index (Phi) is 5.35. The Labute approximate surface area is 125 Å². The second kappa shape index (κ2) is 7.02. The molecule has 2 rings (SSSR count). The van der Waals surface area contributed by atoms with Crippen LogP contribution in [-0.4, -0.2) is 22.9 Å². The van der Waals surface area contributed by atoms with E-state index in [-0.39, 0.29) is 0 Å². The summed E-state index contributed by atoms with van der Waals surface area (Å²) in [5.41, 5.74) is 1.20. The molecule has 2 N–H and O–H groups in total. The molecular formula is C16H23NO2S. The quantitative estimate of drug-likeness (QED) is 0.785. The van der Waals surface area contributed by atoms with E-state index in [2.05, 4.69) is 12.2 Å². The molecule has 1 aromatic carbocycles. The highest BCUT2D eigenvalue weighted by atomic mass is 32.2. The Morgan fingerprint density at radius 2 is 2.05 bits per heavy atom. The van der Waals surface area contributed by atoms with Crippen molar-refractivity contribution in [2.75, 3.05) is 11.1 Å². The Bertz CT molecular complexity index is 468. The minimum absolute atomic E-state index is 0.408. The first-order chi connectivity index (χ1) is 9.61. The maximum atomic E-state index is 11.6. The largest absolute Gasteiger partial charge is 0.478 e. The fourth-order valence-corrected chi connectivity index (χ4v) is 3.60. The van der Waals surface area contributed by atoms with Crippen LogP contribution in [0.3, 0.4) is 0 Å². The van der Waals surface area contributed by atoms with E-state index >= 15 is 0 Å². The van der Waals surface area contributed by atoms with Gasteiger partial charge in [0.1, 0.15) is 0 Å². The second-order valence-corrected chi connectivity index (χ2v) is 6.82. The van der Waals surface area contributed by atoms with E-state index in [9.17, 15) is 9.90 Å². The average Bonchev–Trinajstić information content (AvgIpc) is 2.41. The van der Waals surface area contributed by atoms with Gasteiger partial charge >= 0.3 is 5.97 Å². The lowest BCUT2D eigenvalue weighted by Crippen LogP contribution is -2.26. The molecule has 110 valence electrons. The molecule has 1 saturated carbocycles. The fourth-order valence-electron chi connectivity index (χ4n) is 2.77. The molecule has 0 aliphatic heterocycles. The molecule has 1 fully saturated rings. The average molecular weight is 293 g/mol. The summed E-state index contributed by atoms with van der Waals surface area (Å²) in [6.07, 6.45) is 4.71. The van der Waals surface area contributed by atoms with Crippen LogP contribution in [0.5, 0.6) is 0 Å². The summed E-state index contributed by atoms with van der Waals surface area (Å²) in [6.45, 7) is 4.33. The molecule has 1 aliphatic carbocycles. The van der Waals surface area contributed by atoms with Gasteiger partial charge in [-0.2, -0.15) is 0 Å². The first-order valence-corrected chi connectivity index (χ1v) is 8.36. The van der Waals surface area contributed by atoms with Gasteiger partial charge in [0.05, 0.1) is 11.3 Å². The van der Waals surface area contributed by atoms with E-state index < -0.39 is 5.97 Å². The van der Waals surface area contributed by atoms with Gasteiger partial charge in [0.25, 0.3) is 0 Å². The lowest BCUT2D eigenvalue weighted by atomic mass is 9.87. The van der Waals surface area contributed by atoms with Crippen molar-refractivity contribution in [2.45, 2.75) is 50.5 Å². The van der Waals surface area contributed by atoms with E-state index in [1.165, 1.54) is 12.8 Å². The van der Waals surface area contributed by atoms with Crippen LogP contribution in [0.25, 0.3) is 0 Å². The van der Waals surface area contributed by atoms with Crippen LogP contribution < -0.4 is 5.32 Å². The van der Waals surface area contributed by atoms with Gasteiger partial charge in [0.2, 0.25) is 0 Å². The van der Waals surface area contributed by atoms with E-state index in [0.717, 1.165) is 35.1 Å². The molecule has 0 aromatic heterocycles. The van der Waals surface area contributed by atoms with Crippen molar-refractivity contribution in [1.82, 2.24) is 0 Å². The number of carboxylic acids is 1. The third-order valence-electron chi connectivity index (χ3n) is 3.92. The minimum atomic E-state index is -0.840. The fraction of sp³-hybridized carbons (Fsp3) is 0.562. The lowest BCUT2D eigenvalue weighted by Gasteiger charge is -2.28. The molecule has 0 amide bonds. The van der Waals surface area contributed by atoms with Crippen LogP contribution in [0.1, 0.15) is 49.9 Å². The Hall–Kier alpha value is -1.16. The first-order valence-electron chi connectivity index (χ1n) is 7.37. The number of anilines is 1. The monoisotopic (exact) mass is 293 g/mol. The summed E-state index contributed by atoms with van der Waals surface area (Å²) in [4.78, 5) is 12.4. The molecule has 1 aliphatic rings. The second-order valence-electron chi connectivity index (χ2n) is 5.52. The summed E-state index contributed by atoms with van der Waals surface area (Å²) in [7, 11) is 0. The van der Waals surface area contributed by atoms with E-state index in [1.54, 1.807) is 11.8 Å². The number of benzene rings is 1. The molecule has 4 heteroatoms. The molecule has 0 radical (unpaired) electrons. The van der Waals surface area contributed by atoms with Gasteiger partial charge in [-0.25, -0.2) is 4.79 Å². The molecule has 0 atom stereocenters. The highest BCUT2D eigenvalue weighted by Crippen LogP contribution is 2.31. The van der Waals surface area contributed by atoms with E-state index in [4.69, 9.17) is 0 Å². The number of carboxylic acid groups (broad SMARTS) is 1. The zero-order valence-corrected chi connectivity index (χ0v) is 13.0. The van der Waals surface area contributed by atoms with Gasteiger partial charge in [0, 0.05) is 10.9 Å². The zero-order valence-electron chi connectivity index (χ0n) is 12.2. The van der Waals surface area contributed by atoms with Gasteiger partial charge in [-0.1, -0.05) is 19.9 Å². The van der Waals surface area contributed by atoms with E-state index in [0.29, 0.717) is 11.6 Å². The van der Waals surface area contributed by atoms with Crippen molar-refractivity contribution in [1.29, 1.82) is 0 Å².